The standard InChI is InChI=1S/C8H6F2O2/c1-4-2-5(8(11)12)7(10)3-6(4)9/h2-3H,1H3,(H,11,12). The number of carboxylic acid groups (broad SMARTS) is 1. The molecule has 0 amide bonds. The lowest BCUT2D eigenvalue weighted by molar-refractivity contribution is 0.0691. The molecule has 0 unspecified atom stereocenters. The molecule has 0 saturated carbocycles. The van der Waals surface area contributed by atoms with Gasteiger partial charge in [-0.15, -0.1) is 0 Å². The lowest BCUT2D eigenvalue weighted by atomic mass is 10.1. The van der Waals surface area contributed by atoms with E-state index < -0.39 is 23.2 Å². The predicted molar refractivity (Wildman–Crippen MR) is 38.1 cm³/mol. The summed E-state index contributed by atoms with van der Waals surface area (Å²) in [7, 11) is 0. The SMILES string of the molecule is Cc1cc(C(=O)O)c(F)cc1F. The van der Waals surface area contributed by atoms with Gasteiger partial charge in [-0.2, -0.15) is 0 Å². The Morgan fingerprint density at radius 1 is 1.33 bits per heavy atom. The molecule has 0 aliphatic rings. The molecule has 1 N–H and O–H groups in total. The second-order valence-corrected chi connectivity index (χ2v) is 2.39. The van der Waals surface area contributed by atoms with Crippen LogP contribution in [0.5, 0.6) is 0 Å². The first-order valence-corrected chi connectivity index (χ1v) is 3.21. The van der Waals surface area contributed by atoms with Gasteiger partial charge >= 0.3 is 5.97 Å². The molecule has 0 atom stereocenters. The van der Waals surface area contributed by atoms with Crippen molar-refractivity contribution in [3.05, 3.63) is 34.9 Å². The monoisotopic (exact) mass is 172 g/mol. The van der Waals surface area contributed by atoms with E-state index in [9.17, 15) is 13.6 Å². The van der Waals surface area contributed by atoms with E-state index in [2.05, 4.69) is 0 Å². The Balaban J connectivity index is 3.33. The molecule has 0 aliphatic heterocycles. The van der Waals surface area contributed by atoms with Crippen molar-refractivity contribution in [2.75, 3.05) is 0 Å². The summed E-state index contributed by atoms with van der Waals surface area (Å²) in [5, 5.41) is 8.42. The average molecular weight is 172 g/mol. The Morgan fingerprint density at radius 2 is 1.92 bits per heavy atom. The van der Waals surface area contributed by atoms with E-state index in [0.717, 1.165) is 6.07 Å². The van der Waals surface area contributed by atoms with Gasteiger partial charge in [-0.05, 0) is 18.6 Å². The Morgan fingerprint density at radius 3 is 2.42 bits per heavy atom. The summed E-state index contributed by atoms with van der Waals surface area (Å²) in [6, 6.07) is 1.53. The molecule has 0 aliphatic carbocycles. The van der Waals surface area contributed by atoms with Gasteiger partial charge < -0.3 is 5.11 Å². The lowest BCUT2D eigenvalue weighted by Crippen LogP contribution is -2.02. The highest BCUT2D eigenvalue weighted by molar-refractivity contribution is 5.88. The van der Waals surface area contributed by atoms with Crippen molar-refractivity contribution in [2.45, 2.75) is 6.92 Å². The molecule has 0 bridgehead atoms. The maximum Gasteiger partial charge on any atom is 0.338 e. The molecule has 4 heteroatoms. The largest absolute Gasteiger partial charge is 0.478 e. The Bertz CT molecular complexity index is 334. The highest BCUT2D eigenvalue weighted by atomic mass is 19.1. The minimum Gasteiger partial charge on any atom is -0.478 e. The zero-order valence-electron chi connectivity index (χ0n) is 6.27. The van der Waals surface area contributed by atoms with E-state index in [-0.39, 0.29) is 5.56 Å². The van der Waals surface area contributed by atoms with Crippen LogP contribution in [-0.4, -0.2) is 11.1 Å². The molecule has 0 saturated heterocycles. The molecule has 0 radical (unpaired) electrons. The van der Waals surface area contributed by atoms with Gasteiger partial charge in [0.2, 0.25) is 0 Å². The molecule has 1 rings (SSSR count). The van der Waals surface area contributed by atoms with E-state index in [1.807, 2.05) is 0 Å². The van der Waals surface area contributed by atoms with Gasteiger partial charge in [-0.1, -0.05) is 0 Å². The number of rotatable bonds is 1. The second kappa shape index (κ2) is 2.89. The summed E-state index contributed by atoms with van der Waals surface area (Å²) in [4.78, 5) is 10.3. The first-order valence-electron chi connectivity index (χ1n) is 3.21. The molecule has 1 aromatic rings. The van der Waals surface area contributed by atoms with Crippen molar-refractivity contribution < 1.29 is 18.7 Å². The fourth-order valence-electron chi connectivity index (χ4n) is 0.821. The van der Waals surface area contributed by atoms with Crippen LogP contribution in [0, 0.1) is 18.6 Å². The molecule has 64 valence electrons. The number of carbonyl (C=O) groups is 1. The van der Waals surface area contributed by atoms with E-state index in [1.54, 1.807) is 0 Å². The first kappa shape index (κ1) is 8.64. The maximum absolute atomic E-state index is 12.7. The Hall–Kier alpha value is -1.45. The van der Waals surface area contributed by atoms with Crippen molar-refractivity contribution in [2.24, 2.45) is 0 Å². The van der Waals surface area contributed by atoms with Crippen molar-refractivity contribution in [3.63, 3.8) is 0 Å². The molecule has 12 heavy (non-hydrogen) atoms. The Labute approximate surface area is 67.4 Å². The zero-order chi connectivity index (χ0) is 9.30. The summed E-state index contributed by atoms with van der Waals surface area (Å²) < 4.78 is 25.3. The van der Waals surface area contributed by atoms with Crippen LogP contribution < -0.4 is 0 Å². The zero-order valence-corrected chi connectivity index (χ0v) is 6.27. The van der Waals surface area contributed by atoms with Gasteiger partial charge in [0.25, 0.3) is 0 Å². The summed E-state index contributed by atoms with van der Waals surface area (Å²) in [5.41, 5.74) is -0.386. The van der Waals surface area contributed by atoms with E-state index in [1.165, 1.54) is 6.92 Å². The summed E-state index contributed by atoms with van der Waals surface area (Å²) in [5.74, 6) is -3.18. The van der Waals surface area contributed by atoms with Crippen molar-refractivity contribution in [1.82, 2.24) is 0 Å². The van der Waals surface area contributed by atoms with Gasteiger partial charge in [0, 0.05) is 6.07 Å². The van der Waals surface area contributed by atoms with Gasteiger partial charge in [0.05, 0.1) is 5.56 Å². The fourth-order valence-corrected chi connectivity index (χ4v) is 0.821. The molecule has 2 nitrogen and oxygen atoms in total. The Kier molecular flexibility index (Phi) is 2.08. The highest BCUT2D eigenvalue weighted by Gasteiger charge is 2.12. The molecular formula is C8H6F2O2. The number of aromatic carboxylic acids is 1. The second-order valence-electron chi connectivity index (χ2n) is 2.39. The van der Waals surface area contributed by atoms with Crippen molar-refractivity contribution in [3.8, 4) is 0 Å². The van der Waals surface area contributed by atoms with Crippen LogP contribution >= 0.6 is 0 Å². The van der Waals surface area contributed by atoms with Crippen LogP contribution in [0.2, 0.25) is 0 Å². The van der Waals surface area contributed by atoms with Crippen molar-refractivity contribution >= 4 is 5.97 Å². The normalized spacial score (nSPS) is 9.92. The van der Waals surface area contributed by atoms with Crippen LogP contribution in [0.3, 0.4) is 0 Å². The lowest BCUT2D eigenvalue weighted by Gasteiger charge is -1.99. The number of carboxylic acids is 1. The van der Waals surface area contributed by atoms with Gasteiger partial charge in [-0.25, -0.2) is 13.6 Å². The molecule has 0 spiro atoms. The average Bonchev–Trinajstić information content (AvgIpc) is 1.96. The molecular weight excluding hydrogens is 166 g/mol. The minimum absolute atomic E-state index is 0.119. The van der Waals surface area contributed by atoms with Crippen molar-refractivity contribution in [1.29, 1.82) is 0 Å². The molecule has 1 aromatic carbocycles. The minimum atomic E-state index is -1.39. The van der Waals surface area contributed by atoms with E-state index in [0.29, 0.717) is 6.07 Å². The van der Waals surface area contributed by atoms with Crippen LogP contribution in [0.4, 0.5) is 8.78 Å². The van der Waals surface area contributed by atoms with Gasteiger partial charge in [-0.3, -0.25) is 0 Å². The topological polar surface area (TPSA) is 37.3 Å². The summed E-state index contributed by atoms with van der Waals surface area (Å²) in [6.45, 7) is 1.38. The summed E-state index contributed by atoms with van der Waals surface area (Å²) >= 11 is 0. The van der Waals surface area contributed by atoms with Crippen LogP contribution in [0.25, 0.3) is 0 Å². The third-order valence-corrected chi connectivity index (χ3v) is 1.48. The number of hydrogen-bond acceptors (Lipinski definition) is 1. The smallest absolute Gasteiger partial charge is 0.338 e. The first-order chi connectivity index (χ1) is 5.52. The quantitative estimate of drug-likeness (QED) is 0.703. The molecule has 0 heterocycles. The van der Waals surface area contributed by atoms with Crippen LogP contribution in [-0.2, 0) is 0 Å². The highest BCUT2D eigenvalue weighted by Crippen LogP contribution is 2.13. The number of hydrogen-bond donors (Lipinski definition) is 1. The number of aryl methyl sites for hydroxylation is 1. The number of halogens is 2. The molecule has 0 fully saturated rings. The van der Waals surface area contributed by atoms with Crippen LogP contribution in [0.1, 0.15) is 15.9 Å². The van der Waals surface area contributed by atoms with E-state index in [4.69, 9.17) is 5.11 Å². The van der Waals surface area contributed by atoms with Crippen LogP contribution in [0.15, 0.2) is 12.1 Å². The molecule has 0 aromatic heterocycles. The predicted octanol–water partition coefficient (Wildman–Crippen LogP) is 1.97. The fraction of sp³-hybridized carbons (Fsp3) is 0.125. The van der Waals surface area contributed by atoms with Gasteiger partial charge in [0.15, 0.2) is 0 Å². The third kappa shape index (κ3) is 1.42. The summed E-state index contributed by atoms with van der Waals surface area (Å²) in [6.07, 6.45) is 0. The van der Waals surface area contributed by atoms with Gasteiger partial charge in [0.1, 0.15) is 11.6 Å². The maximum atomic E-state index is 12.7. The van der Waals surface area contributed by atoms with E-state index >= 15 is 0 Å². The number of benzene rings is 1. The third-order valence-electron chi connectivity index (χ3n) is 1.48.